The number of benzene rings is 1. The number of carbonyl (C=O) groups excluding carboxylic acids is 1. The summed E-state index contributed by atoms with van der Waals surface area (Å²) in [6, 6.07) is 10.2. The Hall–Kier alpha value is -1.06. The van der Waals surface area contributed by atoms with Crippen LogP contribution in [0.5, 0.6) is 0 Å². The van der Waals surface area contributed by atoms with Crippen molar-refractivity contribution in [1.82, 2.24) is 10.2 Å². The van der Waals surface area contributed by atoms with Crippen LogP contribution in [-0.4, -0.2) is 30.4 Å². The summed E-state index contributed by atoms with van der Waals surface area (Å²) in [5.74, 6) is 0.468. The third kappa shape index (κ3) is 4.51. The molecular weight excluding hydrogens is 260 g/mol. The molecule has 1 amide bonds. The molecule has 106 valence electrons. The van der Waals surface area contributed by atoms with Gasteiger partial charge in [0.1, 0.15) is 0 Å². The Bertz CT molecular complexity index is 377. The largest absolute Gasteiger partial charge is 0.338 e. The Morgan fingerprint density at radius 1 is 1.37 bits per heavy atom. The van der Waals surface area contributed by atoms with Crippen LogP contribution < -0.4 is 5.32 Å². The van der Waals surface area contributed by atoms with Crippen molar-refractivity contribution in [3.63, 3.8) is 0 Å². The smallest absolute Gasteiger partial charge is 0.227 e. The van der Waals surface area contributed by atoms with E-state index in [-0.39, 0.29) is 18.3 Å². The van der Waals surface area contributed by atoms with Gasteiger partial charge in [-0.1, -0.05) is 30.3 Å². The minimum absolute atomic E-state index is 0. The van der Waals surface area contributed by atoms with Gasteiger partial charge in [0.2, 0.25) is 5.91 Å². The average molecular weight is 283 g/mol. The van der Waals surface area contributed by atoms with Crippen LogP contribution in [0.25, 0.3) is 0 Å². The SMILES string of the molecule is CCN(Cc1ccccc1)C(=O)[C@@H]1CCCNC1.Cl. The van der Waals surface area contributed by atoms with E-state index in [9.17, 15) is 4.79 Å². The van der Waals surface area contributed by atoms with Gasteiger partial charge in [-0.05, 0) is 31.9 Å². The highest BCUT2D eigenvalue weighted by Gasteiger charge is 2.24. The van der Waals surface area contributed by atoms with E-state index in [4.69, 9.17) is 0 Å². The van der Waals surface area contributed by atoms with E-state index in [0.717, 1.165) is 39.0 Å². The van der Waals surface area contributed by atoms with E-state index in [0.29, 0.717) is 5.91 Å². The molecule has 0 unspecified atom stereocenters. The molecular formula is C15H23ClN2O. The lowest BCUT2D eigenvalue weighted by Gasteiger charge is -2.29. The summed E-state index contributed by atoms with van der Waals surface area (Å²) in [5, 5.41) is 3.31. The van der Waals surface area contributed by atoms with Crippen LogP contribution >= 0.6 is 12.4 Å². The summed E-state index contributed by atoms with van der Waals surface area (Å²) in [4.78, 5) is 14.4. The van der Waals surface area contributed by atoms with Crippen LogP contribution in [0.3, 0.4) is 0 Å². The Morgan fingerprint density at radius 3 is 2.68 bits per heavy atom. The molecule has 0 bridgehead atoms. The summed E-state index contributed by atoms with van der Waals surface area (Å²) in [6.07, 6.45) is 2.14. The quantitative estimate of drug-likeness (QED) is 0.920. The lowest BCUT2D eigenvalue weighted by Crippen LogP contribution is -2.42. The number of hydrogen-bond donors (Lipinski definition) is 1. The predicted molar refractivity (Wildman–Crippen MR) is 80.4 cm³/mol. The summed E-state index contributed by atoms with van der Waals surface area (Å²) in [7, 11) is 0. The van der Waals surface area contributed by atoms with E-state index in [1.807, 2.05) is 23.1 Å². The maximum Gasteiger partial charge on any atom is 0.227 e. The summed E-state index contributed by atoms with van der Waals surface area (Å²) < 4.78 is 0. The van der Waals surface area contributed by atoms with Crippen LogP contribution in [0.2, 0.25) is 0 Å². The van der Waals surface area contributed by atoms with Crippen LogP contribution in [0, 0.1) is 5.92 Å². The molecule has 1 aromatic carbocycles. The first-order valence-electron chi connectivity index (χ1n) is 6.84. The van der Waals surface area contributed by atoms with Gasteiger partial charge < -0.3 is 10.2 Å². The molecule has 1 aliphatic heterocycles. The fourth-order valence-electron chi connectivity index (χ4n) is 2.47. The third-order valence-corrected chi connectivity index (χ3v) is 3.56. The molecule has 19 heavy (non-hydrogen) atoms. The molecule has 0 spiro atoms. The number of amides is 1. The van der Waals surface area contributed by atoms with Crippen LogP contribution in [0.1, 0.15) is 25.3 Å². The number of nitrogens with zero attached hydrogens (tertiary/aromatic N) is 1. The maximum absolute atomic E-state index is 12.4. The van der Waals surface area contributed by atoms with Crippen molar-refractivity contribution in [3.05, 3.63) is 35.9 Å². The second kappa shape index (κ2) is 8.18. The van der Waals surface area contributed by atoms with Gasteiger partial charge in [-0.25, -0.2) is 0 Å². The number of nitrogens with one attached hydrogen (secondary N) is 1. The van der Waals surface area contributed by atoms with Crippen molar-refractivity contribution in [2.45, 2.75) is 26.3 Å². The van der Waals surface area contributed by atoms with Gasteiger partial charge in [0.25, 0.3) is 0 Å². The fraction of sp³-hybridized carbons (Fsp3) is 0.533. The van der Waals surface area contributed by atoms with E-state index in [1.165, 1.54) is 5.56 Å². The molecule has 3 nitrogen and oxygen atoms in total. The summed E-state index contributed by atoms with van der Waals surface area (Å²) in [5.41, 5.74) is 1.21. The Balaban J connectivity index is 0.00000180. The van der Waals surface area contributed by atoms with Crippen molar-refractivity contribution in [2.24, 2.45) is 5.92 Å². The number of rotatable bonds is 4. The first-order valence-corrected chi connectivity index (χ1v) is 6.84. The van der Waals surface area contributed by atoms with Gasteiger partial charge in [0.15, 0.2) is 0 Å². The number of halogens is 1. The summed E-state index contributed by atoms with van der Waals surface area (Å²) >= 11 is 0. The molecule has 4 heteroatoms. The van der Waals surface area contributed by atoms with Gasteiger partial charge in [0, 0.05) is 19.6 Å². The molecule has 1 aromatic rings. The minimum Gasteiger partial charge on any atom is -0.338 e. The molecule has 1 aliphatic rings. The molecule has 0 aromatic heterocycles. The second-order valence-electron chi connectivity index (χ2n) is 4.88. The number of piperidine rings is 1. The third-order valence-electron chi connectivity index (χ3n) is 3.56. The van der Waals surface area contributed by atoms with Crippen LogP contribution in [0.15, 0.2) is 30.3 Å². The highest BCUT2D eigenvalue weighted by Crippen LogP contribution is 2.15. The molecule has 1 heterocycles. The van der Waals surface area contributed by atoms with Crippen molar-refractivity contribution in [3.8, 4) is 0 Å². The molecule has 1 fully saturated rings. The summed E-state index contributed by atoms with van der Waals surface area (Å²) in [6.45, 7) is 5.45. The normalized spacial score (nSPS) is 18.5. The Kier molecular flexibility index (Phi) is 6.89. The molecule has 0 saturated carbocycles. The van der Waals surface area contributed by atoms with E-state index < -0.39 is 0 Å². The zero-order valence-corrected chi connectivity index (χ0v) is 12.3. The second-order valence-corrected chi connectivity index (χ2v) is 4.88. The predicted octanol–water partition coefficient (Wildman–Crippen LogP) is 2.46. The van der Waals surface area contributed by atoms with Crippen molar-refractivity contribution in [2.75, 3.05) is 19.6 Å². The lowest BCUT2D eigenvalue weighted by atomic mass is 9.98. The molecule has 1 N–H and O–H groups in total. The number of hydrogen-bond acceptors (Lipinski definition) is 2. The van der Waals surface area contributed by atoms with Crippen molar-refractivity contribution >= 4 is 18.3 Å². The van der Waals surface area contributed by atoms with E-state index in [2.05, 4.69) is 24.4 Å². The molecule has 1 saturated heterocycles. The first-order chi connectivity index (χ1) is 8.81. The van der Waals surface area contributed by atoms with E-state index >= 15 is 0 Å². The average Bonchev–Trinajstić information content (AvgIpc) is 2.46. The maximum atomic E-state index is 12.4. The van der Waals surface area contributed by atoms with Crippen LogP contribution in [0.4, 0.5) is 0 Å². The highest BCUT2D eigenvalue weighted by molar-refractivity contribution is 5.85. The Labute approximate surface area is 121 Å². The molecule has 0 radical (unpaired) electrons. The van der Waals surface area contributed by atoms with Gasteiger partial charge >= 0.3 is 0 Å². The van der Waals surface area contributed by atoms with Gasteiger partial charge in [-0.3, -0.25) is 4.79 Å². The van der Waals surface area contributed by atoms with Crippen molar-refractivity contribution in [1.29, 1.82) is 0 Å². The first kappa shape index (κ1) is 16.0. The van der Waals surface area contributed by atoms with E-state index in [1.54, 1.807) is 0 Å². The highest BCUT2D eigenvalue weighted by atomic mass is 35.5. The fourth-order valence-corrected chi connectivity index (χ4v) is 2.47. The monoisotopic (exact) mass is 282 g/mol. The zero-order chi connectivity index (χ0) is 12.8. The van der Waals surface area contributed by atoms with Crippen molar-refractivity contribution < 1.29 is 4.79 Å². The molecule has 2 rings (SSSR count). The van der Waals surface area contributed by atoms with Crippen LogP contribution in [-0.2, 0) is 11.3 Å². The zero-order valence-electron chi connectivity index (χ0n) is 11.5. The minimum atomic E-state index is 0. The van der Waals surface area contributed by atoms with Gasteiger partial charge in [0.05, 0.1) is 5.92 Å². The lowest BCUT2D eigenvalue weighted by molar-refractivity contribution is -0.136. The standard InChI is InChI=1S/C15H22N2O.ClH/c1-2-17(12-13-7-4-3-5-8-13)15(18)14-9-6-10-16-11-14;/h3-5,7-8,14,16H,2,6,9-12H2,1H3;1H/t14-;/m1./s1. The number of carbonyl (C=O) groups is 1. The Morgan fingerprint density at radius 2 is 2.11 bits per heavy atom. The molecule has 0 aliphatic carbocycles. The van der Waals surface area contributed by atoms with Gasteiger partial charge in [-0.2, -0.15) is 0 Å². The molecule has 1 atom stereocenters. The topological polar surface area (TPSA) is 32.3 Å². The van der Waals surface area contributed by atoms with Gasteiger partial charge in [-0.15, -0.1) is 12.4 Å².